The topological polar surface area (TPSA) is 27.3 Å². The first kappa shape index (κ1) is 19.4. The van der Waals surface area contributed by atoms with E-state index >= 15 is 0 Å². The van der Waals surface area contributed by atoms with Gasteiger partial charge in [-0.25, -0.2) is 0 Å². The van der Waals surface area contributed by atoms with Crippen LogP contribution in [0.4, 0.5) is 0 Å². The van der Waals surface area contributed by atoms with Gasteiger partial charge in [0, 0.05) is 25.7 Å². The first-order valence-electron chi connectivity index (χ1n) is 8.89. The van der Waals surface area contributed by atoms with Crippen molar-refractivity contribution >= 4 is 17.3 Å². The Bertz CT molecular complexity index is 655. The van der Waals surface area contributed by atoms with Crippen LogP contribution in [0.25, 0.3) is 0 Å². The second-order valence-electron chi connectivity index (χ2n) is 6.62. The zero-order valence-corrected chi connectivity index (χ0v) is 16.3. The Morgan fingerprint density at radius 1 is 0.960 bits per heavy atom. The van der Waals surface area contributed by atoms with Gasteiger partial charge in [0.15, 0.2) is 5.11 Å². The van der Waals surface area contributed by atoms with E-state index in [1.807, 2.05) is 6.07 Å². The summed E-state index contributed by atoms with van der Waals surface area (Å²) in [5, 5.41) is 7.33. The molecule has 0 radical (unpaired) electrons. The highest BCUT2D eigenvalue weighted by molar-refractivity contribution is 7.80. The fourth-order valence-electron chi connectivity index (χ4n) is 2.54. The molecule has 0 aliphatic heterocycles. The molecule has 134 valence electrons. The zero-order valence-electron chi connectivity index (χ0n) is 15.5. The summed E-state index contributed by atoms with van der Waals surface area (Å²) in [7, 11) is 2.16. The summed E-state index contributed by atoms with van der Waals surface area (Å²) in [6.07, 6.45) is 0.971. The van der Waals surface area contributed by atoms with Crippen LogP contribution in [0.2, 0.25) is 0 Å². The molecule has 2 aromatic rings. The summed E-state index contributed by atoms with van der Waals surface area (Å²) in [6, 6.07) is 19.5. The summed E-state index contributed by atoms with van der Waals surface area (Å²) < 4.78 is 0. The third-order valence-electron chi connectivity index (χ3n) is 4.40. The maximum absolute atomic E-state index is 5.41. The predicted molar refractivity (Wildman–Crippen MR) is 111 cm³/mol. The highest BCUT2D eigenvalue weighted by atomic mass is 32.1. The molecule has 0 unspecified atom stereocenters. The van der Waals surface area contributed by atoms with Gasteiger partial charge in [-0.3, -0.25) is 4.90 Å². The Kier molecular flexibility index (Phi) is 7.89. The number of thiocarbonyl (C=S) groups is 1. The fraction of sp³-hybridized carbons (Fsp3) is 0.381. The quantitative estimate of drug-likeness (QED) is 0.706. The molecule has 0 saturated carbocycles. The normalized spacial score (nSPS) is 10.9. The molecule has 0 amide bonds. The van der Waals surface area contributed by atoms with E-state index in [1.54, 1.807) is 0 Å². The van der Waals surface area contributed by atoms with Crippen molar-refractivity contribution in [2.45, 2.75) is 39.4 Å². The van der Waals surface area contributed by atoms with Crippen LogP contribution in [0.1, 0.15) is 30.5 Å². The van der Waals surface area contributed by atoms with Crippen LogP contribution in [0.15, 0.2) is 54.6 Å². The Morgan fingerprint density at radius 3 is 2.28 bits per heavy atom. The SMILES string of the molecule is CC(C)N(C)Cc1ccccc1CNC(=S)NCCc1ccccc1. The van der Waals surface area contributed by atoms with E-state index in [9.17, 15) is 0 Å². The van der Waals surface area contributed by atoms with Gasteiger partial charge < -0.3 is 10.6 Å². The van der Waals surface area contributed by atoms with Gasteiger partial charge >= 0.3 is 0 Å². The first-order valence-corrected chi connectivity index (χ1v) is 9.29. The molecule has 0 aliphatic carbocycles. The Hall–Kier alpha value is -1.91. The maximum Gasteiger partial charge on any atom is 0.166 e. The van der Waals surface area contributed by atoms with Crippen LogP contribution in [-0.2, 0) is 19.5 Å². The van der Waals surface area contributed by atoms with Gasteiger partial charge in [-0.15, -0.1) is 0 Å². The molecule has 0 bridgehead atoms. The van der Waals surface area contributed by atoms with E-state index in [0.29, 0.717) is 11.2 Å². The van der Waals surface area contributed by atoms with Crippen molar-refractivity contribution in [3.63, 3.8) is 0 Å². The van der Waals surface area contributed by atoms with E-state index in [0.717, 1.165) is 26.1 Å². The monoisotopic (exact) mass is 355 g/mol. The van der Waals surface area contributed by atoms with Gasteiger partial charge in [0.05, 0.1) is 0 Å². The number of rotatable bonds is 8. The predicted octanol–water partition coefficient (Wildman–Crippen LogP) is 3.73. The van der Waals surface area contributed by atoms with Crippen molar-refractivity contribution in [3.8, 4) is 0 Å². The van der Waals surface area contributed by atoms with Crippen molar-refractivity contribution in [2.24, 2.45) is 0 Å². The van der Waals surface area contributed by atoms with Crippen LogP contribution in [0.5, 0.6) is 0 Å². The van der Waals surface area contributed by atoms with Crippen LogP contribution >= 0.6 is 12.2 Å². The minimum atomic E-state index is 0.529. The third-order valence-corrected chi connectivity index (χ3v) is 4.69. The van der Waals surface area contributed by atoms with Gasteiger partial charge in [0.1, 0.15) is 0 Å². The highest BCUT2D eigenvalue weighted by Gasteiger charge is 2.08. The lowest BCUT2D eigenvalue weighted by Crippen LogP contribution is -2.36. The standard InChI is InChI=1S/C21H29N3S/c1-17(2)24(3)16-20-12-8-7-11-19(20)15-23-21(25)22-14-13-18-9-5-4-6-10-18/h4-12,17H,13-16H2,1-3H3,(H2,22,23,25). The molecule has 0 spiro atoms. The molecule has 0 aliphatic rings. The summed E-state index contributed by atoms with van der Waals surface area (Å²) in [6.45, 7) is 6.97. The molecular weight excluding hydrogens is 326 g/mol. The van der Waals surface area contributed by atoms with Gasteiger partial charge in [0.2, 0.25) is 0 Å². The van der Waals surface area contributed by atoms with E-state index in [2.05, 4.69) is 85.0 Å². The van der Waals surface area contributed by atoms with Crippen molar-refractivity contribution in [1.82, 2.24) is 15.5 Å². The molecule has 0 fully saturated rings. The van der Waals surface area contributed by atoms with Crippen molar-refractivity contribution in [3.05, 3.63) is 71.3 Å². The smallest absolute Gasteiger partial charge is 0.166 e. The van der Waals surface area contributed by atoms with Crippen LogP contribution in [0.3, 0.4) is 0 Å². The third kappa shape index (κ3) is 6.85. The largest absolute Gasteiger partial charge is 0.362 e. The molecule has 0 aromatic heterocycles. The molecule has 4 heteroatoms. The average molecular weight is 356 g/mol. The number of hydrogen-bond donors (Lipinski definition) is 2. The average Bonchev–Trinajstić information content (AvgIpc) is 2.61. The van der Waals surface area contributed by atoms with Crippen molar-refractivity contribution < 1.29 is 0 Å². The summed E-state index contributed by atoms with van der Waals surface area (Å²) in [4.78, 5) is 2.34. The van der Waals surface area contributed by atoms with Crippen molar-refractivity contribution in [1.29, 1.82) is 0 Å². The number of hydrogen-bond acceptors (Lipinski definition) is 2. The molecule has 25 heavy (non-hydrogen) atoms. The molecule has 2 rings (SSSR count). The molecule has 0 heterocycles. The molecule has 2 N–H and O–H groups in total. The number of nitrogens with zero attached hydrogens (tertiary/aromatic N) is 1. The van der Waals surface area contributed by atoms with Gasteiger partial charge in [-0.2, -0.15) is 0 Å². The van der Waals surface area contributed by atoms with Gasteiger partial charge in [0.25, 0.3) is 0 Å². The number of benzene rings is 2. The van der Waals surface area contributed by atoms with E-state index < -0.39 is 0 Å². The Morgan fingerprint density at radius 2 is 1.60 bits per heavy atom. The molecule has 0 atom stereocenters. The lowest BCUT2D eigenvalue weighted by molar-refractivity contribution is 0.265. The zero-order chi connectivity index (χ0) is 18.1. The second kappa shape index (κ2) is 10.2. The lowest BCUT2D eigenvalue weighted by Gasteiger charge is -2.22. The van der Waals surface area contributed by atoms with Crippen LogP contribution in [0, 0.1) is 0 Å². The lowest BCUT2D eigenvalue weighted by atomic mass is 10.1. The Labute approximate surface area is 157 Å². The molecule has 3 nitrogen and oxygen atoms in total. The van der Waals surface area contributed by atoms with Crippen molar-refractivity contribution in [2.75, 3.05) is 13.6 Å². The number of nitrogens with one attached hydrogen (secondary N) is 2. The maximum atomic E-state index is 5.41. The van der Waals surface area contributed by atoms with E-state index in [4.69, 9.17) is 12.2 Å². The summed E-state index contributed by atoms with van der Waals surface area (Å²) in [5.41, 5.74) is 3.96. The first-order chi connectivity index (χ1) is 12.1. The Balaban J connectivity index is 1.79. The fourth-order valence-corrected chi connectivity index (χ4v) is 2.71. The minimum absolute atomic E-state index is 0.529. The minimum Gasteiger partial charge on any atom is -0.362 e. The summed E-state index contributed by atoms with van der Waals surface area (Å²) >= 11 is 5.41. The van der Waals surface area contributed by atoms with Crippen LogP contribution < -0.4 is 10.6 Å². The molecule has 0 saturated heterocycles. The van der Waals surface area contributed by atoms with Gasteiger partial charge in [-0.05, 0) is 56.2 Å². The van der Waals surface area contributed by atoms with Gasteiger partial charge in [-0.1, -0.05) is 54.6 Å². The van der Waals surface area contributed by atoms with Crippen LogP contribution in [-0.4, -0.2) is 29.6 Å². The highest BCUT2D eigenvalue weighted by Crippen LogP contribution is 2.12. The second-order valence-corrected chi connectivity index (χ2v) is 7.03. The molecule has 2 aromatic carbocycles. The summed E-state index contributed by atoms with van der Waals surface area (Å²) in [5.74, 6) is 0. The molecular formula is C21H29N3S. The van der Waals surface area contributed by atoms with E-state index in [1.165, 1.54) is 16.7 Å². The van der Waals surface area contributed by atoms with E-state index in [-0.39, 0.29) is 0 Å².